The molecule has 3 rings (SSSR count). The van der Waals surface area contributed by atoms with Crippen LogP contribution in [0.25, 0.3) is 10.9 Å². The van der Waals surface area contributed by atoms with Gasteiger partial charge in [-0.1, -0.05) is 23.7 Å². The van der Waals surface area contributed by atoms with Gasteiger partial charge in [0, 0.05) is 18.1 Å². The third kappa shape index (κ3) is 1.54. The predicted octanol–water partition coefficient (Wildman–Crippen LogP) is 3.02. The van der Waals surface area contributed by atoms with Crippen LogP contribution in [0.2, 0.25) is 5.02 Å². The maximum atomic E-state index is 11.1. The van der Waals surface area contributed by atoms with Gasteiger partial charge in [0.2, 0.25) is 0 Å². The van der Waals surface area contributed by atoms with E-state index in [1.165, 1.54) is 5.69 Å². The molecule has 4 heteroatoms. The van der Waals surface area contributed by atoms with Crippen LogP contribution >= 0.6 is 11.6 Å². The number of halogens is 1. The number of carbonyl (C=O) groups is 1. The normalized spacial score (nSPS) is 18.9. The van der Waals surface area contributed by atoms with Crippen LogP contribution in [-0.2, 0) is 24.7 Å². The van der Waals surface area contributed by atoms with Crippen LogP contribution in [-0.4, -0.2) is 15.6 Å². The number of aryl methyl sites for hydroxylation is 1. The van der Waals surface area contributed by atoms with Gasteiger partial charge in [0.25, 0.3) is 0 Å². The molecule has 1 aromatic heterocycles. The van der Waals surface area contributed by atoms with Crippen molar-refractivity contribution < 1.29 is 9.90 Å². The Balaban J connectivity index is 2.23. The van der Waals surface area contributed by atoms with E-state index in [2.05, 4.69) is 4.57 Å². The van der Waals surface area contributed by atoms with E-state index < -0.39 is 5.97 Å². The van der Waals surface area contributed by atoms with Crippen molar-refractivity contribution in [2.24, 2.45) is 13.0 Å². The largest absolute Gasteiger partial charge is 0.481 e. The maximum Gasteiger partial charge on any atom is 0.306 e. The fourth-order valence-electron chi connectivity index (χ4n) is 3.01. The number of aliphatic carboxylic acids is 1. The van der Waals surface area contributed by atoms with Crippen molar-refractivity contribution in [2.75, 3.05) is 0 Å². The molecule has 1 heterocycles. The highest BCUT2D eigenvalue weighted by Gasteiger charge is 2.28. The minimum absolute atomic E-state index is 0.262. The second-order valence-corrected chi connectivity index (χ2v) is 5.31. The van der Waals surface area contributed by atoms with Crippen LogP contribution in [0.15, 0.2) is 18.2 Å². The van der Waals surface area contributed by atoms with E-state index in [1.54, 1.807) is 0 Å². The molecule has 0 saturated carbocycles. The second-order valence-electron chi connectivity index (χ2n) is 4.90. The third-order valence-electron chi connectivity index (χ3n) is 3.93. The molecule has 0 radical (unpaired) electrons. The smallest absolute Gasteiger partial charge is 0.306 e. The van der Waals surface area contributed by atoms with Gasteiger partial charge in [0.1, 0.15) is 0 Å². The number of hydrogen-bond donors (Lipinski definition) is 1. The van der Waals surface area contributed by atoms with Crippen molar-refractivity contribution in [2.45, 2.75) is 19.3 Å². The van der Waals surface area contributed by atoms with E-state index in [4.69, 9.17) is 16.7 Å². The van der Waals surface area contributed by atoms with Crippen LogP contribution in [0, 0.1) is 5.92 Å². The molecule has 1 aliphatic rings. The van der Waals surface area contributed by atoms with Gasteiger partial charge in [-0.15, -0.1) is 0 Å². The highest BCUT2D eigenvalue weighted by Crippen LogP contribution is 2.36. The summed E-state index contributed by atoms with van der Waals surface area (Å²) < 4.78 is 2.12. The van der Waals surface area contributed by atoms with E-state index in [0.717, 1.165) is 27.9 Å². The Bertz CT molecular complexity index is 645. The molecular formula is C14H14ClNO2. The Morgan fingerprint density at radius 1 is 1.50 bits per heavy atom. The Hall–Kier alpha value is -1.48. The first kappa shape index (κ1) is 11.6. The summed E-state index contributed by atoms with van der Waals surface area (Å²) in [6.07, 6.45) is 2.14. The van der Waals surface area contributed by atoms with E-state index in [9.17, 15) is 4.79 Å². The zero-order chi connectivity index (χ0) is 12.9. The van der Waals surface area contributed by atoms with Gasteiger partial charge < -0.3 is 9.67 Å². The lowest BCUT2D eigenvalue weighted by Crippen LogP contribution is -2.22. The third-order valence-corrected chi connectivity index (χ3v) is 4.23. The number of aromatic nitrogens is 1. The minimum atomic E-state index is -0.695. The number of carboxylic acids is 1. The standard InChI is InChI=1S/C14H14ClNO2/c1-16-12-6-5-8(14(17)18)7-10(12)9-3-2-4-11(15)13(9)16/h2-4,8H,5-7H2,1H3,(H,17,18). The van der Waals surface area contributed by atoms with Crippen LogP contribution in [0.4, 0.5) is 0 Å². The molecular weight excluding hydrogens is 250 g/mol. The molecule has 1 aliphatic carbocycles. The molecule has 3 nitrogen and oxygen atoms in total. The van der Waals surface area contributed by atoms with Crippen LogP contribution < -0.4 is 0 Å². The van der Waals surface area contributed by atoms with Gasteiger partial charge in [-0.3, -0.25) is 4.79 Å². The summed E-state index contributed by atoms with van der Waals surface area (Å²) in [5, 5.41) is 11.0. The Morgan fingerprint density at radius 3 is 3.00 bits per heavy atom. The van der Waals surface area contributed by atoms with E-state index in [0.29, 0.717) is 12.8 Å². The lowest BCUT2D eigenvalue weighted by Gasteiger charge is -2.19. The Morgan fingerprint density at radius 2 is 2.28 bits per heavy atom. The summed E-state index contributed by atoms with van der Waals surface area (Å²) in [5.74, 6) is -0.957. The summed E-state index contributed by atoms with van der Waals surface area (Å²) in [6.45, 7) is 0. The van der Waals surface area contributed by atoms with Crippen molar-refractivity contribution in [3.63, 3.8) is 0 Å². The highest BCUT2D eigenvalue weighted by atomic mass is 35.5. The van der Waals surface area contributed by atoms with E-state index in [-0.39, 0.29) is 5.92 Å². The second kappa shape index (κ2) is 4.02. The number of benzene rings is 1. The van der Waals surface area contributed by atoms with Crippen molar-refractivity contribution in [1.82, 2.24) is 4.57 Å². The summed E-state index contributed by atoms with van der Waals surface area (Å²) in [5.41, 5.74) is 3.42. The quantitative estimate of drug-likeness (QED) is 0.859. The average molecular weight is 264 g/mol. The lowest BCUT2D eigenvalue weighted by atomic mass is 9.86. The molecule has 1 aromatic carbocycles. The molecule has 1 N–H and O–H groups in total. The van der Waals surface area contributed by atoms with Crippen molar-refractivity contribution in [1.29, 1.82) is 0 Å². The molecule has 1 unspecified atom stereocenters. The first-order valence-electron chi connectivity index (χ1n) is 6.07. The van der Waals surface area contributed by atoms with Crippen LogP contribution in [0.5, 0.6) is 0 Å². The molecule has 0 saturated heterocycles. The number of fused-ring (bicyclic) bond motifs is 3. The highest BCUT2D eigenvalue weighted by molar-refractivity contribution is 6.35. The first-order valence-corrected chi connectivity index (χ1v) is 6.45. The topological polar surface area (TPSA) is 42.2 Å². The molecule has 0 amide bonds. The number of nitrogens with zero attached hydrogens (tertiary/aromatic N) is 1. The average Bonchev–Trinajstić information content (AvgIpc) is 2.64. The molecule has 18 heavy (non-hydrogen) atoms. The summed E-state index contributed by atoms with van der Waals surface area (Å²) in [7, 11) is 2.01. The van der Waals surface area contributed by atoms with Crippen LogP contribution in [0.3, 0.4) is 0 Å². The van der Waals surface area contributed by atoms with E-state index in [1.807, 2.05) is 25.2 Å². The monoisotopic (exact) mass is 263 g/mol. The first-order chi connectivity index (χ1) is 8.59. The number of rotatable bonds is 1. The summed E-state index contributed by atoms with van der Waals surface area (Å²) in [4.78, 5) is 11.1. The van der Waals surface area contributed by atoms with Crippen molar-refractivity contribution in [3.05, 3.63) is 34.5 Å². The lowest BCUT2D eigenvalue weighted by molar-refractivity contribution is -0.142. The number of para-hydroxylation sites is 1. The van der Waals surface area contributed by atoms with Crippen molar-refractivity contribution in [3.8, 4) is 0 Å². The molecule has 0 spiro atoms. The molecule has 2 aromatic rings. The van der Waals surface area contributed by atoms with Gasteiger partial charge in [-0.05, 0) is 30.9 Å². The van der Waals surface area contributed by atoms with Gasteiger partial charge in [0.15, 0.2) is 0 Å². The van der Waals surface area contributed by atoms with Gasteiger partial charge in [0.05, 0.1) is 16.5 Å². The van der Waals surface area contributed by atoms with Gasteiger partial charge in [-0.2, -0.15) is 0 Å². The predicted molar refractivity (Wildman–Crippen MR) is 71.1 cm³/mol. The molecule has 0 bridgehead atoms. The minimum Gasteiger partial charge on any atom is -0.481 e. The zero-order valence-electron chi connectivity index (χ0n) is 10.1. The van der Waals surface area contributed by atoms with Gasteiger partial charge in [-0.25, -0.2) is 0 Å². The van der Waals surface area contributed by atoms with E-state index >= 15 is 0 Å². The fourth-order valence-corrected chi connectivity index (χ4v) is 3.31. The van der Waals surface area contributed by atoms with Crippen molar-refractivity contribution >= 4 is 28.5 Å². The summed E-state index contributed by atoms with van der Waals surface area (Å²) in [6, 6.07) is 5.84. The maximum absolute atomic E-state index is 11.1. The zero-order valence-corrected chi connectivity index (χ0v) is 10.9. The molecule has 1 atom stereocenters. The SMILES string of the molecule is Cn1c2c(c3cccc(Cl)c31)CC(C(=O)O)CC2. The number of carboxylic acid groups (broad SMARTS) is 1. The molecule has 0 fully saturated rings. The number of hydrogen-bond acceptors (Lipinski definition) is 1. The molecule has 94 valence electrons. The van der Waals surface area contributed by atoms with Crippen LogP contribution in [0.1, 0.15) is 17.7 Å². The Labute approximate surface area is 110 Å². The fraction of sp³-hybridized carbons (Fsp3) is 0.357. The molecule has 0 aliphatic heterocycles. The van der Waals surface area contributed by atoms with Gasteiger partial charge >= 0.3 is 5.97 Å². The summed E-state index contributed by atoms with van der Waals surface area (Å²) >= 11 is 6.24. The Kier molecular flexibility index (Phi) is 2.59.